The summed E-state index contributed by atoms with van der Waals surface area (Å²) in [6.45, 7) is 1.80. The largest absolute Gasteiger partial charge is 0.484 e. The molecule has 3 rings (SSSR count). The first-order valence-electron chi connectivity index (χ1n) is 7.90. The number of benzene rings is 1. The van der Waals surface area contributed by atoms with E-state index in [1.54, 1.807) is 11.3 Å². The van der Waals surface area contributed by atoms with Gasteiger partial charge in [0.05, 0.1) is 22.7 Å². The van der Waals surface area contributed by atoms with Gasteiger partial charge in [-0.25, -0.2) is 4.98 Å². The number of carbonyl (C=O) groups is 1. The van der Waals surface area contributed by atoms with Crippen LogP contribution in [0.5, 0.6) is 5.75 Å². The highest BCUT2D eigenvalue weighted by atomic mass is 32.1. The molecule has 0 radical (unpaired) electrons. The van der Waals surface area contributed by atoms with Crippen molar-refractivity contribution in [2.45, 2.75) is 19.6 Å². The van der Waals surface area contributed by atoms with Gasteiger partial charge >= 0.3 is 6.18 Å². The molecule has 142 valence electrons. The lowest BCUT2D eigenvalue weighted by atomic mass is 10.2. The van der Waals surface area contributed by atoms with Gasteiger partial charge in [0.1, 0.15) is 10.8 Å². The molecule has 3 aromatic rings. The molecule has 0 fully saturated rings. The van der Waals surface area contributed by atoms with Crippen molar-refractivity contribution in [1.29, 1.82) is 0 Å². The Balaban J connectivity index is 1.53. The molecule has 1 N–H and O–H groups in total. The molecule has 0 spiro atoms. The Morgan fingerprint density at radius 1 is 1.26 bits per heavy atom. The van der Waals surface area contributed by atoms with E-state index < -0.39 is 17.6 Å². The maximum Gasteiger partial charge on any atom is 0.416 e. The van der Waals surface area contributed by atoms with Crippen LogP contribution in [0.1, 0.15) is 16.1 Å². The number of rotatable bonds is 6. The number of carbonyl (C=O) groups excluding carboxylic acids is 1. The van der Waals surface area contributed by atoms with Crippen LogP contribution >= 0.6 is 22.7 Å². The minimum Gasteiger partial charge on any atom is -0.484 e. The Hall–Kier alpha value is -2.39. The van der Waals surface area contributed by atoms with Crippen molar-refractivity contribution in [1.82, 2.24) is 10.3 Å². The third kappa shape index (κ3) is 5.08. The smallest absolute Gasteiger partial charge is 0.416 e. The first-order valence-corrected chi connectivity index (χ1v) is 9.59. The zero-order valence-corrected chi connectivity index (χ0v) is 15.8. The van der Waals surface area contributed by atoms with Gasteiger partial charge in [-0.05, 0) is 36.6 Å². The van der Waals surface area contributed by atoms with E-state index in [9.17, 15) is 18.0 Å². The van der Waals surface area contributed by atoms with Gasteiger partial charge in [0, 0.05) is 4.88 Å². The first kappa shape index (κ1) is 19.4. The van der Waals surface area contributed by atoms with E-state index >= 15 is 0 Å². The van der Waals surface area contributed by atoms with Gasteiger partial charge in [-0.2, -0.15) is 13.2 Å². The molecule has 0 aliphatic rings. The number of nitrogens with zero attached hydrogens (tertiary/aromatic N) is 1. The number of aryl methyl sites for hydroxylation is 1. The average molecular weight is 412 g/mol. The molecular weight excluding hydrogens is 397 g/mol. The number of ether oxygens (including phenoxy) is 1. The summed E-state index contributed by atoms with van der Waals surface area (Å²) in [5, 5.41) is 5.57. The highest BCUT2D eigenvalue weighted by Gasteiger charge is 2.30. The topological polar surface area (TPSA) is 51.2 Å². The Labute approximate surface area is 161 Å². The standard InChI is InChI=1S/C18H15F3N2O2S2/c1-11-15(27-17(23-11)14-6-3-7-26-14)9-22-16(24)10-25-13-5-2-4-12(8-13)18(19,20)21/h2-8H,9-10H2,1H3,(H,22,24). The minimum atomic E-state index is -4.45. The van der Waals surface area contributed by atoms with Crippen LogP contribution in [-0.4, -0.2) is 17.5 Å². The van der Waals surface area contributed by atoms with Gasteiger partial charge in [0.25, 0.3) is 5.91 Å². The summed E-state index contributed by atoms with van der Waals surface area (Å²) in [6, 6.07) is 8.36. The first-order chi connectivity index (χ1) is 12.8. The van der Waals surface area contributed by atoms with Crippen LogP contribution in [0.25, 0.3) is 9.88 Å². The van der Waals surface area contributed by atoms with E-state index in [-0.39, 0.29) is 12.4 Å². The molecular formula is C18H15F3N2O2S2. The van der Waals surface area contributed by atoms with Crippen LogP contribution in [0.2, 0.25) is 0 Å². The maximum absolute atomic E-state index is 12.7. The van der Waals surface area contributed by atoms with Crippen LogP contribution in [-0.2, 0) is 17.5 Å². The molecule has 0 unspecified atom stereocenters. The predicted molar refractivity (Wildman–Crippen MR) is 98.9 cm³/mol. The highest BCUT2D eigenvalue weighted by molar-refractivity contribution is 7.21. The Bertz CT molecular complexity index is 921. The molecule has 1 aromatic carbocycles. The van der Waals surface area contributed by atoms with Crippen LogP contribution in [0.4, 0.5) is 13.2 Å². The highest BCUT2D eigenvalue weighted by Crippen LogP contribution is 2.32. The molecule has 4 nitrogen and oxygen atoms in total. The molecule has 0 atom stereocenters. The van der Waals surface area contributed by atoms with Gasteiger partial charge in [-0.1, -0.05) is 12.1 Å². The monoisotopic (exact) mass is 412 g/mol. The SMILES string of the molecule is Cc1nc(-c2cccs2)sc1CNC(=O)COc1cccc(C(F)(F)F)c1. The predicted octanol–water partition coefficient (Wildman–Crippen LogP) is 4.89. The van der Waals surface area contributed by atoms with Crippen LogP contribution in [0, 0.1) is 6.92 Å². The second-order valence-corrected chi connectivity index (χ2v) is 7.63. The van der Waals surface area contributed by atoms with Crippen LogP contribution in [0.3, 0.4) is 0 Å². The normalized spacial score (nSPS) is 11.4. The van der Waals surface area contributed by atoms with Crippen molar-refractivity contribution in [2.75, 3.05) is 6.61 Å². The second-order valence-electron chi connectivity index (χ2n) is 5.60. The van der Waals surface area contributed by atoms with E-state index in [0.717, 1.165) is 32.6 Å². The summed E-state index contributed by atoms with van der Waals surface area (Å²) >= 11 is 3.09. The number of nitrogens with one attached hydrogen (secondary N) is 1. The quantitative estimate of drug-likeness (QED) is 0.627. The Kier molecular flexibility index (Phi) is 5.81. The molecule has 2 aromatic heterocycles. The third-order valence-corrected chi connectivity index (χ3v) is 5.80. The number of alkyl halides is 3. The Morgan fingerprint density at radius 2 is 2.07 bits per heavy atom. The number of hydrogen-bond donors (Lipinski definition) is 1. The number of aromatic nitrogens is 1. The number of amides is 1. The molecule has 0 saturated carbocycles. The lowest BCUT2D eigenvalue weighted by molar-refractivity contribution is -0.137. The van der Waals surface area contributed by atoms with E-state index in [4.69, 9.17) is 4.74 Å². The van der Waals surface area contributed by atoms with Crippen molar-refractivity contribution < 1.29 is 22.7 Å². The van der Waals surface area contributed by atoms with Gasteiger partial charge in [0.2, 0.25) is 0 Å². The molecule has 2 heterocycles. The zero-order chi connectivity index (χ0) is 19.4. The summed E-state index contributed by atoms with van der Waals surface area (Å²) in [6.07, 6.45) is -4.45. The van der Waals surface area contributed by atoms with Crippen molar-refractivity contribution in [3.8, 4) is 15.6 Å². The average Bonchev–Trinajstić information content (AvgIpc) is 3.27. The third-order valence-electron chi connectivity index (χ3n) is 3.60. The summed E-state index contributed by atoms with van der Waals surface area (Å²) in [5.74, 6) is -0.424. The molecule has 1 amide bonds. The number of thiophene rings is 1. The summed E-state index contributed by atoms with van der Waals surface area (Å²) in [5.41, 5.74) is 0.0179. The Morgan fingerprint density at radius 3 is 2.78 bits per heavy atom. The molecule has 9 heteroatoms. The number of halogens is 3. The minimum absolute atomic E-state index is 0.00562. The van der Waals surface area contributed by atoms with Crippen LogP contribution < -0.4 is 10.1 Å². The maximum atomic E-state index is 12.7. The lowest BCUT2D eigenvalue weighted by Gasteiger charge is -2.10. The van der Waals surface area contributed by atoms with Crippen LogP contribution in [0.15, 0.2) is 41.8 Å². The van der Waals surface area contributed by atoms with Gasteiger partial charge < -0.3 is 10.1 Å². The molecule has 0 aliphatic carbocycles. The molecule has 0 bridgehead atoms. The molecule has 0 aliphatic heterocycles. The van der Waals surface area contributed by atoms with Crippen molar-refractivity contribution >= 4 is 28.6 Å². The van der Waals surface area contributed by atoms with Gasteiger partial charge in [0.15, 0.2) is 6.61 Å². The van der Waals surface area contributed by atoms with E-state index in [1.165, 1.54) is 23.5 Å². The number of hydrogen-bond acceptors (Lipinski definition) is 5. The van der Waals surface area contributed by atoms with Crippen molar-refractivity contribution in [2.24, 2.45) is 0 Å². The second kappa shape index (κ2) is 8.10. The van der Waals surface area contributed by atoms with E-state index in [1.807, 2.05) is 24.4 Å². The number of thiazole rings is 1. The fraction of sp³-hybridized carbons (Fsp3) is 0.222. The van der Waals surface area contributed by atoms with Gasteiger partial charge in [-0.15, -0.1) is 22.7 Å². The van der Waals surface area contributed by atoms with Gasteiger partial charge in [-0.3, -0.25) is 4.79 Å². The fourth-order valence-electron chi connectivity index (χ4n) is 2.24. The fourth-order valence-corrected chi connectivity index (χ4v) is 4.04. The summed E-state index contributed by atoms with van der Waals surface area (Å²) in [7, 11) is 0. The summed E-state index contributed by atoms with van der Waals surface area (Å²) < 4.78 is 43.2. The zero-order valence-electron chi connectivity index (χ0n) is 14.2. The summed E-state index contributed by atoms with van der Waals surface area (Å²) in [4.78, 5) is 18.4. The van der Waals surface area contributed by atoms with E-state index in [2.05, 4.69) is 10.3 Å². The van der Waals surface area contributed by atoms with E-state index in [0.29, 0.717) is 6.54 Å². The van der Waals surface area contributed by atoms with Crippen molar-refractivity contribution in [3.63, 3.8) is 0 Å². The molecule has 0 saturated heterocycles. The lowest BCUT2D eigenvalue weighted by Crippen LogP contribution is -2.28. The molecule has 27 heavy (non-hydrogen) atoms. The van der Waals surface area contributed by atoms with Crippen molar-refractivity contribution in [3.05, 3.63) is 57.9 Å².